The summed E-state index contributed by atoms with van der Waals surface area (Å²) < 4.78 is 11.5. The molecule has 1 amide bonds. The molecule has 0 spiro atoms. The number of aliphatic hydroxyl groups is 1. The number of hydrogen-bond donors (Lipinski definition) is 2. The highest BCUT2D eigenvalue weighted by atomic mass is 16.5. The molecular formula is C32H34N2O5. The molecule has 7 nitrogen and oxygen atoms in total. The third-order valence-corrected chi connectivity index (χ3v) is 7.60. The molecule has 1 aliphatic heterocycles. The molecule has 1 aliphatic rings. The standard InChI is InChI=1S/C32H34N2O5/c1-21-28-12-11-27(38-20-26(35)19-34-15-13-25(14-16-34)31(33)36)18-30(28)39-32(37)29(21)17-22-7-9-24(10-8-22)23-5-3-2-4-6-23/h2-12,18,25-26,35H,13-17,19-20H2,1H3,(H2,33,36). The van der Waals surface area contributed by atoms with E-state index in [2.05, 4.69) is 29.2 Å². The average molecular weight is 527 g/mol. The number of aryl methyl sites for hydroxylation is 1. The van der Waals surface area contributed by atoms with Crippen LogP contribution in [0.2, 0.25) is 0 Å². The van der Waals surface area contributed by atoms with E-state index < -0.39 is 6.10 Å². The van der Waals surface area contributed by atoms with E-state index >= 15 is 0 Å². The Labute approximate surface area is 227 Å². The zero-order chi connectivity index (χ0) is 27.4. The van der Waals surface area contributed by atoms with E-state index in [4.69, 9.17) is 14.9 Å². The van der Waals surface area contributed by atoms with Crippen molar-refractivity contribution in [2.45, 2.75) is 32.3 Å². The number of nitrogens with zero attached hydrogens (tertiary/aromatic N) is 1. The SMILES string of the molecule is Cc1c(Cc2ccc(-c3ccccc3)cc2)c(=O)oc2cc(OCC(O)CN3CCC(C(N)=O)CC3)ccc12. The third kappa shape index (κ3) is 6.38. The van der Waals surface area contributed by atoms with Gasteiger partial charge in [0.1, 0.15) is 24.0 Å². The quantitative estimate of drug-likeness (QED) is 0.315. The lowest BCUT2D eigenvalue weighted by Crippen LogP contribution is -2.43. The second-order valence-electron chi connectivity index (χ2n) is 10.3. The number of hydrogen-bond acceptors (Lipinski definition) is 6. The predicted molar refractivity (Wildman–Crippen MR) is 152 cm³/mol. The predicted octanol–water partition coefficient (Wildman–Crippen LogP) is 4.30. The second-order valence-corrected chi connectivity index (χ2v) is 10.3. The Kier molecular flexibility index (Phi) is 8.10. The molecule has 0 aliphatic carbocycles. The Bertz CT molecular complexity index is 1490. The monoisotopic (exact) mass is 526 g/mol. The highest BCUT2D eigenvalue weighted by Crippen LogP contribution is 2.26. The lowest BCUT2D eigenvalue weighted by Gasteiger charge is -2.31. The summed E-state index contributed by atoms with van der Waals surface area (Å²) >= 11 is 0. The van der Waals surface area contributed by atoms with Gasteiger partial charge in [-0.1, -0.05) is 54.6 Å². The molecule has 4 aromatic rings. The van der Waals surface area contributed by atoms with Crippen molar-refractivity contribution >= 4 is 16.9 Å². The number of carbonyl (C=O) groups excluding carboxylic acids is 1. The van der Waals surface area contributed by atoms with Crippen LogP contribution in [0, 0.1) is 12.8 Å². The van der Waals surface area contributed by atoms with E-state index in [1.807, 2.05) is 49.4 Å². The first-order chi connectivity index (χ1) is 18.9. The average Bonchev–Trinajstić information content (AvgIpc) is 2.95. The number of likely N-dealkylation sites (tertiary alicyclic amines) is 1. The fourth-order valence-corrected chi connectivity index (χ4v) is 5.26. The normalized spacial score (nSPS) is 15.3. The maximum atomic E-state index is 12.9. The third-order valence-electron chi connectivity index (χ3n) is 7.60. The summed E-state index contributed by atoms with van der Waals surface area (Å²) in [6, 6.07) is 23.9. The van der Waals surface area contributed by atoms with Gasteiger partial charge in [0.15, 0.2) is 0 Å². The van der Waals surface area contributed by atoms with Crippen LogP contribution in [0.5, 0.6) is 5.75 Å². The van der Waals surface area contributed by atoms with Crippen LogP contribution in [0.3, 0.4) is 0 Å². The molecule has 1 saturated heterocycles. The lowest BCUT2D eigenvalue weighted by atomic mass is 9.96. The van der Waals surface area contributed by atoms with Crippen molar-refractivity contribution in [1.82, 2.24) is 4.90 Å². The topological polar surface area (TPSA) is 106 Å². The van der Waals surface area contributed by atoms with Gasteiger partial charge in [0.2, 0.25) is 5.91 Å². The molecule has 3 aromatic carbocycles. The second kappa shape index (κ2) is 11.8. The summed E-state index contributed by atoms with van der Waals surface area (Å²) in [5.41, 5.74) is 10.3. The zero-order valence-electron chi connectivity index (χ0n) is 22.1. The van der Waals surface area contributed by atoms with Gasteiger partial charge in [-0.25, -0.2) is 4.79 Å². The summed E-state index contributed by atoms with van der Waals surface area (Å²) in [5.74, 6) is 0.202. The molecule has 202 valence electrons. The summed E-state index contributed by atoms with van der Waals surface area (Å²) in [6.45, 7) is 3.97. The zero-order valence-corrected chi connectivity index (χ0v) is 22.1. The van der Waals surface area contributed by atoms with Crippen LogP contribution < -0.4 is 16.1 Å². The summed E-state index contributed by atoms with van der Waals surface area (Å²) in [7, 11) is 0. The summed E-state index contributed by atoms with van der Waals surface area (Å²) in [6.07, 6.45) is 1.23. The van der Waals surface area contributed by atoms with Gasteiger partial charge in [-0.2, -0.15) is 0 Å². The van der Waals surface area contributed by atoms with Gasteiger partial charge in [0.25, 0.3) is 0 Å². The maximum absolute atomic E-state index is 12.9. The number of rotatable bonds is 9. The Morgan fingerprint density at radius 3 is 2.44 bits per heavy atom. The molecule has 1 unspecified atom stereocenters. The number of primary amides is 1. The Balaban J connectivity index is 1.22. The minimum absolute atomic E-state index is 0.0777. The number of ether oxygens (including phenoxy) is 1. The fraction of sp³-hybridized carbons (Fsp3) is 0.312. The first-order valence-electron chi connectivity index (χ1n) is 13.4. The highest BCUT2D eigenvalue weighted by Gasteiger charge is 2.24. The van der Waals surface area contributed by atoms with Crippen LogP contribution in [-0.4, -0.2) is 48.3 Å². The van der Waals surface area contributed by atoms with E-state index in [0.717, 1.165) is 40.7 Å². The summed E-state index contributed by atoms with van der Waals surface area (Å²) in [5, 5.41) is 11.3. The van der Waals surface area contributed by atoms with Crippen LogP contribution in [-0.2, 0) is 11.2 Å². The molecule has 2 heterocycles. The number of piperidine rings is 1. The molecule has 39 heavy (non-hydrogen) atoms. The fourth-order valence-electron chi connectivity index (χ4n) is 5.26. The first kappa shape index (κ1) is 26.7. The van der Waals surface area contributed by atoms with Crippen molar-refractivity contribution < 1.29 is 19.1 Å². The minimum Gasteiger partial charge on any atom is -0.491 e. The largest absolute Gasteiger partial charge is 0.491 e. The Morgan fingerprint density at radius 1 is 1.05 bits per heavy atom. The van der Waals surface area contributed by atoms with Gasteiger partial charge in [-0.15, -0.1) is 0 Å². The number of aliphatic hydroxyl groups excluding tert-OH is 1. The number of nitrogens with two attached hydrogens (primary N) is 1. The molecule has 0 saturated carbocycles. The lowest BCUT2D eigenvalue weighted by molar-refractivity contribution is -0.123. The molecule has 5 rings (SSSR count). The van der Waals surface area contributed by atoms with E-state index in [0.29, 0.717) is 42.7 Å². The van der Waals surface area contributed by atoms with Crippen LogP contribution in [0.4, 0.5) is 0 Å². The van der Waals surface area contributed by atoms with Crippen molar-refractivity contribution in [3.63, 3.8) is 0 Å². The van der Waals surface area contributed by atoms with E-state index in [1.54, 1.807) is 6.07 Å². The van der Waals surface area contributed by atoms with E-state index in [-0.39, 0.29) is 24.1 Å². The Hall–Kier alpha value is -3.94. The van der Waals surface area contributed by atoms with Crippen LogP contribution in [0.25, 0.3) is 22.1 Å². The molecule has 7 heteroatoms. The van der Waals surface area contributed by atoms with Crippen molar-refractivity contribution in [1.29, 1.82) is 0 Å². The van der Waals surface area contributed by atoms with Gasteiger partial charge in [-0.3, -0.25) is 4.79 Å². The number of fused-ring (bicyclic) bond motifs is 1. The molecule has 1 atom stereocenters. The van der Waals surface area contributed by atoms with Crippen molar-refractivity contribution in [3.8, 4) is 16.9 Å². The summed E-state index contributed by atoms with van der Waals surface area (Å²) in [4.78, 5) is 26.4. The van der Waals surface area contributed by atoms with Gasteiger partial charge in [-0.05, 0) is 67.2 Å². The Morgan fingerprint density at radius 2 is 1.74 bits per heavy atom. The van der Waals surface area contributed by atoms with Gasteiger partial charge >= 0.3 is 5.63 Å². The number of benzene rings is 3. The van der Waals surface area contributed by atoms with Gasteiger partial charge < -0.3 is 24.9 Å². The number of carbonyl (C=O) groups is 1. The van der Waals surface area contributed by atoms with Gasteiger partial charge in [0, 0.05) is 35.9 Å². The highest BCUT2D eigenvalue weighted by molar-refractivity contribution is 5.82. The van der Waals surface area contributed by atoms with E-state index in [9.17, 15) is 14.7 Å². The smallest absolute Gasteiger partial charge is 0.340 e. The van der Waals surface area contributed by atoms with Crippen molar-refractivity contribution in [2.24, 2.45) is 11.7 Å². The van der Waals surface area contributed by atoms with Crippen LogP contribution >= 0.6 is 0 Å². The number of β-amino-alcohol motifs (C(OH)–C–C–N with tert-alkyl or cyclic N) is 1. The minimum atomic E-state index is -0.685. The molecule has 1 fully saturated rings. The van der Waals surface area contributed by atoms with E-state index in [1.165, 1.54) is 0 Å². The molecule has 1 aromatic heterocycles. The first-order valence-corrected chi connectivity index (χ1v) is 13.4. The van der Waals surface area contributed by atoms with Crippen molar-refractivity contribution in [3.05, 3.63) is 99.9 Å². The number of amides is 1. The molecular weight excluding hydrogens is 492 g/mol. The van der Waals surface area contributed by atoms with Crippen LogP contribution in [0.15, 0.2) is 82.0 Å². The molecule has 0 radical (unpaired) electrons. The molecule has 0 bridgehead atoms. The van der Waals surface area contributed by atoms with Crippen LogP contribution in [0.1, 0.15) is 29.5 Å². The van der Waals surface area contributed by atoms with Gasteiger partial charge in [0.05, 0.1) is 0 Å². The van der Waals surface area contributed by atoms with Crippen molar-refractivity contribution in [2.75, 3.05) is 26.2 Å². The maximum Gasteiger partial charge on any atom is 0.340 e. The molecule has 3 N–H and O–H groups in total.